The van der Waals surface area contributed by atoms with Crippen LogP contribution in [0.1, 0.15) is 25.3 Å². The number of nitrogens with one attached hydrogen (secondary N) is 2. The lowest BCUT2D eigenvalue weighted by Crippen LogP contribution is -2.11. The molecule has 4 N–H and O–H groups in total. The third-order valence-electron chi connectivity index (χ3n) is 2.69. The van der Waals surface area contributed by atoms with Crippen LogP contribution < -0.4 is 16.6 Å². The minimum atomic E-state index is 0.312. The van der Waals surface area contributed by atoms with Crippen LogP contribution in [-0.2, 0) is 0 Å². The van der Waals surface area contributed by atoms with Gasteiger partial charge in [-0.15, -0.1) is 0 Å². The van der Waals surface area contributed by atoms with E-state index < -0.39 is 0 Å². The summed E-state index contributed by atoms with van der Waals surface area (Å²) in [5.74, 6) is 6.57. The van der Waals surface area contributed by atoms with Gasteiger partial charge in [-0.2, -0.15) is 4.98 Å². The second-order valence-electron chi connectivity index (χ2n) is 4.44. The van der Waals surface area contributed by atoms with Crippen molar-refractivity contribution in [3.63, 3.8) is 0 Å². The van der Waals surface area contributed by atoms with Crippen molar-refractivity contribution in [2.75, 3.05) is 10.7 Å². The van der Waals surface area contributed by atoms with Crippen LogP contribution in [0.3, 0.4) is 0 Å². The van der Waals surface area contributed by atoms with Gasteiger partial charge in [-0.25, -0.2) is 10.8 Å². The molecule has 19 heavy (non-hydrogen) atoms. The van der Waals surface area contributed by atoms with E-state index in [4.69, 9.17) is 17.4 Å². The summed E-state index contributed by atoms with van der Waals surface area (Å²) in [6, 6.07) is 8.11. The van der Waals surface area contributed by atoms with Crippen molar-refractivity contribution in [2.45, 2.75) is 19.8 Å². The molecular weight excluding hydrogens is 262 g/mol. The second kappa shape index (κ2) is 5.86. The zero-order valence-electron chi connectivity index (χ0n) is 10.8. The van der Waals surface area contributed by atoms with Crippen LogP contribution in [0.25, 0.3) is 0 Å². The summed E-state index contributed by atoms with van der Waals surface area (Å²) in [4.78, 5) is 8.10. The normalized spacial score (nSPS) is 10.6. The number of anilines is 3. The number of rotatable bonds is 4. The van der Waals surface area contributed by atoms with Crippen LogP contribution in [0.5, 0.6) is 0 Å². The van der Waals surface area contributed by atoms with E-state index in [0.29, 0.717) is 22.7 Å². The Hall–Kier alpha value is -1.85. The van der Waals surface area contributed by atoms with Gasteiger partial charge in [0.1, 0.15) is 5.02 Å². The van der Waals surface area contributed by atoms with Crippen LogP contribution >= 0.6 is 11.6 Å². The monoisotopic (exact) mass is 277 g/mol. The van der Waals surface area contributed by atoms with Crippen molar-refractivity contribution in [2.24, 2.45) is 5.84 Å². The number of aromatic nitrogens is 2. The number of hydrogen-bond donors (Lipinski definition) is 3. The zero-order chi connectivity index (χ0) is 13.8. The fraction of sp³-hybridized carbons (Fsp3) is 0.231. The SMILES string of the molecule is CC(C)c1cccc(Nc2nc(NN)ncc2Cl)c1. The highest BCUT2D eigenvalue weighted by molar-refractivity contribution is 6.32. The molecule has 2 aromatic rings. The molecule has 0 aliphatic rings. The zero-order valence-corrected chi connectivity index (χ0v) is 11.6. The molecule has 0 aliphatic heterocycles. The summed E-state index contributed by atoms with van der Waals surface area (Å²) in [7, 11) is 0. The summed E-state index contributed by atoms with van der Waals surface area (Å²) >= 11 is 6.05. The first-order chi connectivity index (χ1) is 9.10. The first-order valence-electron chi connectivity index (χ1n) is 5.96. The first-order valence-corrected chi connectivity index (χ1v) is 6.34. The fourth-order valence-electron chi connectivity index (χ4n) is 1.64. The lowest BCUT2D eigenvalue weighted by atomic mass is 10.0. The van der Waals surface area contributed by atoms with E-state index in [-0.39, 0.29) is 0 Å². The lowest BCUT2D eigenvalue weighted by Gasteiger charge is -2.11. The molecule has 0 saturated carbocycles. The van der Waals surface area contributed by atoms with Gasteiger partial charge in [0.2, 0.25) is 5.95 Å². The van der Waals surface area contributed by atoms with Crippen LogP contribution in [0, 0.1) is 0 Å². The Morgan fingerprint density at radius 1 is 1.32 bits per heavy atom. The Morgan fingerprint density at radius 3 is 2.79 bits per heavy atom. The van der Waals surface area contributed by atoms with E-state index >= 15 is 0 Å². The van der Waals surface area contributed by atoms with Gasteiger partial charge in [-0.05, 0) is 23.6 Å². The Kier molecular flexibility index (Phi) is 4.19. The number of hydrazine groups is 1. The molecule has 0 atom stereocenters. The molecule has 0 fully saturated rings. The van der Waals surface area contributed by atoms with Crippen molar-refractivity contribution < 1.29 is 0 Å². The first kappa shape index (κ1) is 13.6. The fourth-order valence-corrected chi connectivity index (χ4v) is 1.77. The molecule has 0 bridgehead atoms. The quantitative estimate of drug-likeness (QED) is 0.591. The van der Waals surface area contributed by atoms with Crippen LogP contribution in [0.15, 0.2) is 30.5 Å². The van der Waals surface area contributed by atoms with Crippen molar-refractivity contribution in [3.8, 4) is 0 Å². The molecule has 0 spiro atoms. The molecule has 0 radical (unpaired) electrons. The summed E-state index contributed by atoms with van der Waals surface area (Å²) < 4.78 is 0. The van der Waals surface area contributed by atoms with Crippen molar-refractivity contribution in [3.05, 3.63) is 41.0 Å². The highest BCUT2D eigenvalue weighted by Crippen LogP contribution is 2.25. The molecule has 0 saturated heterocycles. The van der Waals surface area contributed by atoms with Gasteiger partial charge in [-0.3, -0.25) is 5.43 Å². The van der Waals surface area contributed by atoms with Gasteiger partial charge < -0.3 is 5.32 Å². The van der Waals surface area contributed by atoms with E-state index in [1.54, 1.807) is 0 Å². The molecule has 1 aromatic carbocycles. The molecule has 5 nitrogen and oxygen atoms in total. The largest absolute Gasteiger partial charge is 0.339 e. The third kappa shape index (κ3) is 3.33. The Morgan fingerprint density at radius 2 is 2.11 bits per heavy atom. The Bertz CT molecular complexity index is 571. The average molecular weight is 278 g/mol. The van der Waals surface area contributed by atoms with Crippen molar-refractivity contribution in [1.82, 2.24) is 9.97 Å². The van der Waals surface area contributed by atoms with Crippen molar-refractivity contribution >= 4 is 29.1 Å². The van der Waals surface area contributed by atoms with Gasteiger partial charge in [0, 0.05) is 5.69 Å². The number of nitrogens with zero attached hydrogens (tertiary/aromatic N) is 2. The molecule has 6 heteroatoms. The van der Waals surface area contributed by atoms with Gasteiger partial charge in [0.25, 0.3) is 0 Å². The molecule has 1 heterocycles. The van der Waals surface area contributed by atoms with Crippen molar-refractivity contribution in [1.29, 1.82) is 0 Å². The number of halogens is 1. The van der Waals surface area contributed by atoms with E-state index in [2.05, 4.69) is 46.7 Å². The molecule has 1 aromatic heterocycles. The number of hydrogen-bond acceptors (Lipinski definition) is 5. The highest BCUT2D eigenvalue weighted by atomic mass is 35.5. The summed E-state index contributed by atoms with van der Waals surface area (Å²) in [6.07, 6.45) is 1.50. The van der Waals surface area contributed by atoms with Gasteiger partial charge in [0.05, 0.1) is 6.20 Å². The highest BCUT2D eigenvalue weighted by Gasteiger charge is 2.06. The van der Waals surface area contributed by atoms with E-state index in [1.165, 1.54) is 11.8 Å². The predicted molar refractivity (Wildman–Crippen MR) is 78.7 cm³/mol. The third-order valence-corrected chi connectivity index (χ3v) is 2.97. The van der Waals surface area contributed by atoms with Gasteiger partial charge >= 0.3 is 0 Å². The maximum Gasteiger partial charge on any atom is 0.239 e. The Balaban J connectivity index is 2.28. The maximum atomic E-state index is 6.05. The molecule has 100 valence electrons. The van der Waals surface area contributed by atoms with Crippen LogP contribution in [0.2, 0.25) is 5.02 Å². The minimum Gasteiger partial charge on any atom is -0.339 e. The molecular formula is C13H16ClN5. The minimum absolute atomic E-state index is 0.312. The van der Waals surface area contributed by atoms with E-state index in [0.717, 1.165) is 5.69 Å². The van der Waals surface area contributed by atoms with E-state index in [1.807, 2.05) is 12.1 Å². The summed E-state index contributed by atoms with van der Waals surface area (Å²) in [6.45, 7) is 4.29. The Labute approximate surface area is 117 Å². The van der Waals surface area contributed by atoms with E-state index in [9.17, 15) is 0 Å². The van der Waals surface area contributed by atoms with Crippen LogP contribution in [0.4, 0.5) is 17.5 Å². The number of benzene rings is 1. The molecule has 0 aliphatic carbocycles. The lowest BCUT2D eigenvalue weighted by molar-refractivity contribution is 0.867. The van der Waals surface area contributed by atoms with Gasteiger partial charge in [-0.1, -0.05) is 37.6 Å². The van der Waals surface area contributed by atoms with Gasteiger partial charge in [0.15, 0.2) is 5.82 Å². The topological polar surface area (TPSA) is 75.9 Å². The number of nitrogen functional groups attached to an aromatic ring is 1. The smallest absolute Gasteiger partial charge is 0.239 e. The molecule has 2 rings (SSSR count). The summed E-state index contributed by atoms with van der Waals surface area (Å²) in [5.41, 5.74) is 4.56. The standard InChI is InChI=1S/C13H16ClN5/c1-8(2)9-4-3-5-10(6-9)17-12-11(14)7-16-13(18-12)19-15/h3-8H,15H2,1-2H3,(H2,16,17,18,19). The molecule has 0 unspecified atom stereocenters. The predicted octanol–water partition coefficient (Wildman–Crippen LogP) is 3.28. The second-order valence-corrected chi connectivity index (χ2v) is 4.85. The average Bonchev–Trinajstić information content (AvgIpc) is 2.41. The molecule has 0 amide bonds. The maximum absolute atomic E-state index is 6.05. The van der Waals surface area contributed by atoms with Crippen LogP contribution in [-0.4, -0.2) is 9.97 Å². The number of nitrogens with two attached hydrogens (primary N) is 1. The summed E-state index contributed by atoms with van der Waals surface area (Å²) in [5, 5.41) is 3.60.